The highest BCUT2D eigenvalue weighted by Gasteiger charge is 2.09. The predicted octanol–water partition coefficient (Wildman–Crippen LogP) is 5.29. The fourth-order valence-corrected chi connectivity index (χ4v) is 3.23. The van der Waals surface area contributed by atoms with Crippen LogP contribution in [0.15, 0.2) is 66.0 Å². The topological polar surface area (TPSA) is 29.1 Å². The van der Waals surface area contributed by atoms with Crippen molar-refractivity contribution in [3.05, 3.63) is 77.2 Å². The number of thiophene rings is 1. The molecule has 0 fully saturated rings. The van der Waals surface area contributed by atoms with Crippen molar-refractivity contribution in [1.29, 1.82) is 0 Å². The van der Waals surface area contributed by atoms with E-state index < -0.39 is 0 Å². The van der Waals surface area contributed by atoms with E-state index in [1.807, 2.05) is 35.7 Å². The Balaban J connectivity index is 1.65. The SMILES string of the molecule is Cc1ccc(CCC(=O)Nc2ccccc2-c2cccs2)cc1. The molecular formula is C20H19NOS. The fourth-order valence-electron chi connectivity index (χ4n) is 2.46. The first-order valence-corrected chi connectivity index (χ1v) is 8.58. The van der Waals surface area contributed by atoms with Crippen molar-refractivity contribution < 1.29 is 4.79 Å². The zero-order chi connectivity index (χ0) is 16.1. The highest BCUT2D eigenvalue weighted by molar-refractivity contribution is 7.13. The van der Waals surface area contributed by atoms with Gasteiger partial charge in [0.15, 0.2) is 0 Å². The van der Waals surface area contributed by atoms with Gasteiger partial charge >= 0.3 is 0 Å². The molecule has 0 aliphatic carbocycles. The van der Waals surface area contributed by atoms with Gasteiger partial charge in [-0.2, -0.15) is 0 Å². The number of rotatable bonds is 5. The first-order valence-electron chi connectivity index (χ1n) is 7.71. The van der Waals surface area contributed by atoms with Crippen LogP contribution in [0.3, 0.4) is 0 Å². The minimum Gasteiger partial charge on any atom is -0.325 e. The van der Waals surface area contributed by atoms with Crippen LogP contribution in [0.25, 0.3) is 10.4 Å². The Morgan fingerprint density at radius 1 is 1.00 bits per heavy atom. The van der Waals surface area contributed by atoms with Crippen LogP contribution < -0.4 is 5.32 Å². The summed E-state index contributed by atoms with van der Waals surface area (Å²) in [6.45, 7) is 2.07. The molecule has 0 spiro atoms. The average Bonchev–Trinajstić information content (AvgIpc) is 3.09. The Kier molecular flexibility index (Phi) is 4.89. The smallest absolute Gasteiger partial charge is 0.224 e. The monoisotopic (exact) mass is 321 g/mol. The van der Waals surface area contributed by atoms with E-state index in [0.29, 0.717) is 6.42 Å². The van der Waals surface area contributed by atoms with Gasteiger partial charge in [-0.3, -0.25) is 4.79 Å². The van der Waals surface area contributed by atoms with Gasteiger partial charge in [0, 0.05) is 22.5 Å². The molecule has 0 unspecified atom stereocenters. The molecule has 1 heterocycles. The van der Waals surface area contributed by atoms with Crippen molar-refractivity contribution in [2.24, 2.45) is 0 Å². The third kappa shape index (κ3) is 4.08. The van der Waals surface area contributed by atoms with Crippen molar-refractivity contribution in [3.63, 3.8) is 0 Å². The number of hydrogen-bond donors (Lipinski definition) is 1. The zero-order valence-corrected chi connectivity index (χ0v) is 13.9. The molecule has 0 saturated heterocycles. The number of hydrogen-bond acceptors (Lipinski definition) is 2. The molecule has 116 valence electrons. The summed E-state index contributed by atoms with van der Waals surface area (Å²) in [6.07, 6.45) is 1.25. The Labute approximate surface area is 140 Å². The summed E-state index contributed by atoms with van der Waals surface area (Å²) in [7, 11) is 0. The van der Waals surface area contributed by atoms with E-state index in [2.05, 4.69) is 42.6 Å². The second-order valence-corrected chi connectivity index (χ2v) is 6.50. The van der Waals surface area contributed by atoms with Gasteiger partial charge in [-0.05, 0) is 36.4 Å². The van der Waals surface area contributed by atoms with Crippen LogP contribution in [-0.4, -0.2) is 5.91 Å². The average molecular weight is 321 g/mol. The molecule has 2 nitrogen and oxygen atoms in total. The maximum atomic E-state index is 12.3. The third-order valence-corrected chi connectivity index (χ3v) is 4.65. The van der Waals surface area contributed by atoms with E-state index in [1.165, 1.54) is 16.0 Å². The van der Waals surface area contributed by atoms with E-state index in [4.69, 9.17) is 0 Å². The molecule has 1 amide bonds. The Hall–Kier alpha value is -2.39. The molecule has 0 radical (unpaired) electrons. The molecule has 0 aliphatic rings. The molecular weight excluding hydrogens is 302 g/mol. The van der Waals surface area contributed by atoms with Gasteiger partial charge in [0.1, 0.15) is 0 Å². The Morgan fingerprint density at radius 3 is 2.52 bits per heavy atom. The highest BCUT2D eigenvalue weighted by Crippen LogP contribution is 2.31. The predicted molar refractivity (Wildman–Crippen MR) is 97.9 cm³/mol. The van der Waals surface area contributed by atoms with E-state index >= 15 is 0 Å². The normalized spacial score (nSPS) is 10.5. The minimum absolute atomic E-state index is 0.0505. The van der Waals surface area contributed by atoms with E-state index in [0.717, 1.165) is 17.7 Å². The zero-order valence-electron chi connectivity index (χ0n) is 13.1. The largest absolute Gasteiger partial charge is 0.325 e. The number of para-hydroxylation sites is 1. The van der Waals surface area contributed by atoms with Crippen LogP contribution in [0.2, 0.25) is 0 Å². The van der Waals surface area contributed by atoms with Gasteiger partial charge < -0.3 is 5.32 Å². The quantitative estimate of drug-likeness (QED) is 0.679. The van der Waals surface area contributed by atoms with Gasteiger partial charge in [0.2, 0.25) is 5.91 Å². The van der Waals surface area contributed by atoms with E-state index in [1.54, 1.807) is 11.3 Å². The Morgan fingerprint density at radius 2 is 1.78 bits per heavy atom. The van der Waals surface area contributed by atoms with Gasteiger partial charge in [0.05, 0.1) is 0 Å². The van der Waals surface area contributed by atoms with Gasteiger partial charge in [-0.25, -0.2) is 0 Å². The summed E-state index contributed by atoms with van der Waals surface area (Å²) in [5.41, 5.74) is 4.38. The number of nitrogens with one attached hydrogen (secondary N) is 1. The number of benzene rings is 2. The summed E-state index contributed by atoms with van der Waals surface area (Å²) < 4.78 is 0. The summed E-state index contributed by atoms with van der Waals surface area (Å²) in [4.78, 5) is 13.4. The molecule has 0 bridgehead atoms. The lowest BCUT2D eigenvalue weighted by Gasteiger charge is -2.10. The molecule has 23 heavy (non-hydrogen) atoms. The maximum Gasteiger partial charge on any atom is 0.224 e. The van der Waals surface area contributed by atoms with Crippen molar-refractivity contribution in [3.8, 4) is 10.4 Å². The minimum atomic E-state index is 0.0505. The van der Waals surface area contributed by atoms with E-state index in [-0.39, 0.29) is 5.91 Å². The maximum absolute atomic E-state index is 12.3. The van der Waals surface area contributed by atoms with Crippen LogP contribution in [0.4, 0.5) is 5.69 Å². The Bertz CT molecular complexity index is 776. The molecule has 0 atom stereocenters. The van der Waals surface area contributed by atoms with Crippen LogP contribution in [-0.2, 0) is 11.2 Å². The number of carbonyl (C=O) groups is 1. The lowest BCUT2D eigenvalue weighted by molar-refractivity contribution is -0.116. The highest BCUT2D eigenvalue weighted by atomic mass is 32.1. The first-order chi connectivity index (χ1) is 11.2. The second kappa shape index (κ2) is 7.25. The summed E-state index contributed by atoms with van der Waals surface area (Å²) in [6, 6.07) is 20.4. The van der Waals surface area contributed by atoms with Crippen LogP contribution in [0.5, 0.6) is 0 Å². The van der Waals surface area contributed by atoms with E-state index in [9.17, 15) is 4.79 Å². The van der Waals surface area contributed by atoms with Crippen molar-refractivity contribution in [2.75, 3.05) is 5.32 Å². The molecule has 3 rings (SSSR count). The van der Waals surface area contributed by atoms with Crippen LogP contribution in [0, 0.1) is 6.92 Å². The standard InChI is InChI=1S/C20H19NOS/c1-15-8-10-16(11-9-15)12-13-20(22)21-18-6-3-2-5-17(18)19-7-4-14-23-19/h2-11,14H,12-13H2,1H3,(H,21,22). The molecule has 2 aromatic carbocycles. The molecule has 0 saturated carbocycles. The lowest BCUT2D eigenvalue weighted by atomic mass is 10.1. The summed E-state index contributed by atoms with van der Waals surface area (Å²) >= 11 is 1.68. The fraction of sp³-hybridized carbons (Fsp3) is 0.150. The number of carbonyl (C=O) groups excluding carboxylic acids is 1. The second-order valence-electron chi connectivity index (χ2n) is 5.56. The molecule has 3 heteroatoms. The molecule has 1 N–H and O–H groups in total. The first kappa shape index (κ1) is 15.5. The van der Waals surface area contributed by atoms with Crippen molar-refractivity contribution in [1.82, 2.24) is 0 Å². The molecule has 0 aliphatic heterocycles. The summed E-state index contributed by atoms with van der Waals surface area (Å²) in [5, 5.41) is 5.10. The number of amides is 1. The van der Waals surface area contributed by atoms with Crippen molar-refractivity contribution >= 4 is 22.9 Å². The molecule has 1 aromatic heterocycles. The van der Waals surface area contributed by atoms with Gasteiger partial charge in [-0.15, -0.1) is 11.3 Å². The van der Waals surface area contributed by atoms with Crippen LogP contribution in [0.1, 0.15) is 17.5 Å². The van der Waals surface area contributed by atoms with Gasteiger partial charge in [-0.1, -0.05) is 54.1 Å². The third-order valence-electron chi connectivity index (χ3n) is 3.75. The van der Waals surface area contributed by atoms with Gasteiger partial charge in [0.25, 0.3) is 0 Å². The summed E-state index contributed by atoms with van der Waals surface area (Å²) in [5.74, 6) is 0.0505. The number of anilines is 1. The molecule has 3 aromatic rings. The lowest BCUT2D eigenvalue weighted by Crippen LogP contribution is -2.12. The number of aryl methyl sites for hydroxylation is 2. The van der Waals surface area contributed by atoms with Crippen molar-refractivity contribution in [2.45, 2.75) is 19.8 Å². The van der Waals surface area contributed by atoms with Crippen LogP contribution >= 0.6 is 11.3 Å².